The standard InChI is InChI=1S/C39H27N3/c1-26-41-36-12-6-7-13-37(36)42(26)31-20-18-30(19-21-31)39-34-10-4-2-8-32(34)38(33-9-3-5-11-35(33)39)29-16-14-27(15-17-29)28-22-24-40-25-23-28/h2-25H,1H3. The molecule has 3 heteroatoms. The van der Waals surface area contributed by atoms with Crippen LogP contribution in [0.4, 0.5) is 0 Å². The van der Waals surface area contributed by atoms with Crippen molar-refractivity contribution in [3.05, 3.63) is 152 Å². The van der Waals surface area contributed by atoms with Crippen LogP contribution in [0.25, 0.3) is 71.6 Å². The van der Waals surface area contributed by atoms with E-state index in [9.17, 15) is 0 Å². The third kappa shape index (κ3) is 3.90. The number of fused-ring (bicyclic) bond motifs is 3. The van der Waals surface area contributed by atoms with Gasteiger partial charge >= 0.3 is 0 Å². The van der Waals surface area contributed by atoms with Gasteiger partial charge in [-0.15, -0.1) is 0 Å². The lowest BCUT2D eigenvalue weighted by Gasteiger charge is -2.18. The largest absolute Gasteiger partial charge is 0.297 e. The average Bonchev–Trinajstić information content (AvgIpc) is 3.40. The van der Waals surface area contributed by atoms with E-state index in [0.717, 1.165) is 22.5 Å². The predicted octanol–water partition coefficient (Wildman–Crippen LogP) is 10.0. The van der Waals surface area contributed by atoms with E-state index >= 15 is 0 Å². The minimum atomic E-state index is 0.985. The lowest BCUT2D eigenvalue weighted by Crippen LogP contribution is -1.97. The molecule has 8 aromatic rings. The quantitative estimate of drug-likeness (QED) is 0.209. The topological polar surface area (TPSA) is 30.7 Å². The Balaban J connectivity index is 1.30. The summed E-state index contributed by atoms with van der Waals surface area (Å²) in [6, 6.07) is 47.9. The first-order chi connectivity index (χ1) is 20.8. The minimum absolute atomic E-state index is 0.985. The number of hydrogen-bond acceptors (Lipinski definition) is 2. The first-order valence-electron chi connectivity index (χ1n) is 14.3. The molecule has 0 radical (unpaired) electrons. The summed E-state index contributed by atoms with van der Waals surface area (Å²) in [5, 5.41) is 5.01. The third-order valence-electron chi connectivity index (χ3n) is 8.26. The maximum absolute atomic E-state index is 4.77. The molecule has 0 saturated heterocycles. The molecular formula is C39H27N3. The first kappa shape index (κ1) is 24.3. The Labute approximate surface area is 244 Å². The second-order valence-corrected chi connectivity index (χ2v) is 10.7. The summed E-state index contributed by atoms with van der Waals surface area (Å²) in [5.74, 6) is 0.985. The Bertz CT molecular complexity index is 2170. The van der Waals surface area contributed by atoms with Crippen molar-refractivity contribution in [1.82, 2.24) is 14.5 Å². The van der Waals surface area contributed by atoms with Crippen molar-refractivity contribution in [2.45, 2.75) is 6.92 Å². The molecule has 0 unspecified atom stereocenters. The maximum Gasteiger partial charge on any atom is 0.111 e. The summed E-state index contributed by atoms with van der Waals surface area (Å²) in [7, 11) is 0. The van der Waals surface area contributed by atoms with Gasteiger partial charge in [0.25, 0.3) is 0 Å². The molecular weight excluding hydrogens is 510 g/mol. The fourth-order valence-corrected chi connectivity index (χ4v) is 6.37. The number of aryl methyl sites for hydroxylation is 1. The third-order valence-corrected chi connectivity index (χ3v) is 8.26. The van der Waals surface area contributed by atoms with Crippen molar-refractivity contribution >= 4 is 32.6 Å². The Kier molecular flexibility index (Phi) is 5.68. The lowest BCUT2D eigenvalue weighted by molar-refractivity contribution is 1.00. The van der Waals surface area contributed by atoms with Gasteiger partial charge in [-0.25, -0.2) is 4.98 Å². The van der Waals surface area contributed by atoms with Crippen LogP contribution in [0.3, 0.4) is 0 Å². The highest BCUT2D eigenvalue weighted by molar-refractivity contribution is 6.21. The molecule has 198 valence electrons. The van der Waals surface area contributed by atoms with Crippen molar-refractivity contribution < 1.29 is 0 Å². The zero-order valence-corrected chi connectivity index (χ0v) is 23.2. The average molecular weight is 538 g/mol. The molecule has 6 aromatic carbocycles. The van der Waals surface area contributed by atoms with Crippen LogP contribution >= 0.6 is 0 Å². The van der Waals surface area contributed by atoms with Crippen LogP contribution in [0.15, 0.2) is 146 Å². The second kappa shape index (κ2) is 9.83. The maximum atomic E-state index is 4.77. The molecule has 0 amide bonds. The fraction of sp³-hybridized carbons (Fsp3) is 0.0256. The van der Waals surface area contributed by atoms with E-state index in [4.69, 9.17) is 4.98 Å². The number of nitrogens with zero attached hydrogens (tertiary/aromatic N) is 3. The second-order valence-electron chi connectivity index (χ2n) is 10.7. The number of pyridine rings is 1. The Morgan fingerprint density at radius 2 is 0.905 bits per heavy atom. The van der Waals surface area contributed by atoms with E-state index in [1.165, 1.54) is 54.9 Å². The molecule has 42 heavy (non-hydrogen) atoms. The van der Waals surface area contributed by atoms with Crippen LogP contribution in [0, 0.1) is 6.92 Å². The van der Waals surface area contributed by atoms with Gasteiger partial charge in [0.05, 0.1) is 11.0 Å². The number of hydrogen-bond donors (Lipinski definition) is 0. The Morgan fingerprint density at radius 3 is 1.48 bits per heavy atom. The smallest absolute Gasteiger partial charge is 0.111 e. The molecule has 0 aliphatic heterocycles. The molecule has 0 saturated carbocycles. The van der Waals surface area contributed by atoms with Gasteiger partial charge in [-0.3, -0.25) is 9.55 Å². The lowest BCUT2D eigenvalue weighted by atomic mass is 9.85. The van der Waals surface area contributed by atoms with E-state index in [1.54, 1.807) is 0 Å². The van der Waals surface area contributed by atoms with Crippen LogP contribution in [0.2, 0.25) is 0 Å². The zero-order chi connectivity index (χ0) is 28.0. The summed E-state index contributed by atoms with van der Waals surface area (Å²) in [6.07, 6.45) is 3.68. The van der Waals surface area contributed by atoms with Gasteiger partial charge in [0.15, 0.2) is 0 Å². The summed E-state index contributed by atoms with van der Waals surface area (Å²) < 4.78 is 2.23. The van der Waals surface area contributed by atoms with Gasteiger partial charge in [-0.1, -0.05) is 97.1 Å². The van der Waals surface area contributed by atoms with Crippen LogP contribution in [0.1, 0.15) is 5.82 Å². The van der Waals surface area contributed by atoms with Gasteiger partial charge < -0.3 is 0 Å². The normalized spacial score (nSPS) is 11.5. The predicted molar refractivity (Wildman–Crippen MR) is 175 cm³/mol. The van der Waals surface area contributed by atoms with Crippen LogP contribution in [-0.2, 0) is 0 Å². The molecule has 2 aromatic heterocycles. The highest BCUT2D eigenvalue weighted by Crippen LogP contribution is 2.44. The van der Waals surface area contributed by atoms with Gasteiger partial charge in [0, 0.05) is 18.1 Å². The van der Waals surface area contributed by atoms with E-state index in [1.807, 2.05) is 18.5 Å². The van der Waals surface area contributed by atoms with Gasteiger partial charge in [-0.05, 0) is 98.2 Å². The van der Waals surface area contributed by atoms with Crippen molar-refractivity contribution in [2.75, 3.05) is 0 Å². The molecule has 0 aliphatic rings. The molecule has 3 nitrogen and oxygen atoms in total. The molecule has 0 spiro atoms. The fourth-order valence-electron chi connectivity index (χ4n) is 6.37. The summed E-state index contributed by atoms with van der Waals surface area (Å²) in [5.41, 5.74) is 10.6. The number of para-hydroxylation sites is 2. The number of benzene rings is 6. The Hall–Kier alpha value is -5.54. The van der Waals surface area contributed by atoms with Crippen LogP contribution < -0.4 is 0 Å². The SMILES string of the molecule is Cc1nc2ccccc2n1-c1ccc(-c2c3ccccc3c(-c3ccc(-c4ccncc4)cc3)c3ccccc23)cc1. The molecule has 8 rings (SSSR count). The summed E-state index contributed by atoms with van der Waals surface area (Å²) in [6.45, 7) is 2.07. The first-order valence-corrected chi connectivity index (χ1v) is 14.3. The number of imidazole rings is 1. The van der Waals surface area contributed by atoms with Gasteiger partial charge in [0.2, 0.25) is 0 Å². The van der Waals surface area contributed by atoms with Crippen LogP contribution in [0.5, 0.6) is 0 Å². The van der Waals surface area contributed by atoms with Crippen molar-refractivity contribution in [3.8, 4) is 39.1 Å². The minimum Gasteiger partial charge on any atom is -0.297 e. The van der Waals surface area contributed by atoms with Crippen LogP contribution in [-0.4, -0.2) is 14.5 Å². The number of aromatic nitrogens is 3. The summed E-state index contributed by atoms with van der Waals surface area (Å²) in [4.78, 5) is 8.94. The highest BCUT2D eigenvalue weighted by Gasteiger charge is 2.17. The molecule has 0 atom stereocenters. The molecule has 0 fully saturated rings. The van der Waals surface area contributed by atoms with E-state index in [0.29, 0.717) is 0 Å². The summed E-state index contributed by atoms with van der Waals surface area (Å²) >= 11 is 0. The molecule has 0 aliphatic carbocycles. The van der Waals surface area contributed by atoms with E-state index < -0.39 is 0 Å². The van der Waals surface area contributed by atoms with Crippen molar-refractivity contribution in [3.63, 3.8) is 0 Å². The van der Waals surface area contributed by atoms with Gasteiger partial charge in [-0.2, -0.15) is 0 Å². The van der Waals surface area contributed by atoms with E-state index in [2.05, 4.69) is 144 Å². The Morgan fingerprint density at radius 1 is 0.452 bits per heavy atom. The van der Waals surface area contributed by atoms with Gasteiger partial charge in [0.1, 0.15) is 5.82 Å². The monoisotopic (exact) mass is 537 g/mol. The molecule has 0 N–H and O–H groups in total. The van der Waals surface area contributed by atoms with Crippen molar-refractivity contribution in [1.29, 1.82) is 0 Å². The zero-order valence-electron chi connectivity index (χ0n) is 23.2. The highest BCUT2D eigenvalue weighted by atomic mass is 15.1. The number of rotatable bonds is 4. The molecule has 2 heterocycles. The van der Waals surface area contributed by atoms with E-state index in [-0.39, 0.29) is 0 Å². The van der Waals surface area contributed by atoms with Crippen molar-refractivity contribution in [2.24, 2.45) is 0 Å². The molecule has 0 bridgehead atoms.